The summed E-state index contributed by atoms with van der Waals surface area (Å²) in [6, 6.07) is 6.98. The van der Waals surface area contributed by atoms with E-state index in [0.29, 0.717) is 11.4 Å². The first-order chi connectivity index (χ1) is 7.00. The minimum absolute atomic E-state index is 0.0162. The number of rotatable bonds is 3. The minimum Gasteiger partial charge on any atom is -0.349 e. The van der Waals surface area contributed by atoms with Crippen molar-refractivity contribution in [2.24, 2.45) is 5.73 Å². The van der Waals surface area contributed by atoms with Crippen LogP contribution in [0.3, 0.4) is 0 Å². The molecule has 1 aromatic rings. The van der Waals surface area contributed by atoms with Gasteiger partial charge in [0.1, 0.15) is 0 Å². The predicted molar refractivity (Wildman–Crippen MR) is 61.7 cm³/mol. The zero-order chi connectivity index (χ0) is 11.4. The van der Waals surface area contributed by atoms with Crippen molar-refractivity contribution in [3.05, 3.63) is 34.9 Å². The van der Waals surface area contributed by atoms with Crippen molar-refractivity contribution in [1.82, 2.24) is 4.90 Å². The lowest BCUT2D eigenvalue weighted by molar-refractivity contribution is -0.129. The molecule has 0 fully saturated rings. The van der Waals surface area contributed by atoms with E-state index in [9.17, 15) is 4.79 Å². The molecule has 0 aliphatic carbocycles. The largest absolute Gasteiger partial charge is 0.349 e. The molecule has 1 aromatic carbocycles. The van der Waals surface area contributed by atoms with Crippen LogP contribution in [0.5, 0.6) is 0 Å². The highest BCUT2D eigenvalue weighted by molar-refractivity contribution is 6.30. The van der Waals surface area contributed by atoms with Crippen LogP contribution in [0.4, 0.5) is 0 Å². The summed E-state index contributed by atoms with van der Waals surface area (Å²) in [5, 5.41) is 0.639. The molecule has 1 amide bonds. The first kappa shape index (κ1) is 12.0. The number of nitrogens with zero attached hydrogens (tertiary/aromatic N) is 1. The van der Waals surface area contributed by atoms with E-state index in [0.717, 1.165) is 5.56 Å². The third-order valence-electron chi connectivity index (χ3n) is 2.17. The molecule has 1 atom stereocenters. The predicted octanol–water partition coefficient (Wildman–Crippen LogP) is 1.82. The van der Waals surface area contributed by atoms with Gasteiger partial charge in [-0.2, -0.15) is 0 Å². The Morgan fingerprint density at radius 1 is 1.53 bits per heavy atom. The van der Waals surface area contributed by atoms with Gasteiger partial charge < -0.3 is 10.6 Å². The summed E-state index contributed by atoms with van der Waals surface area (Å²) in [4.78, 5) is 13.0. The summed E-state index contributed by atoms with van der Waals surface area (Å²) in [6.45, 7) is 0. The summed E-state index contributed by atoms with van der Waals surface area (Å²) in [5.41, 5.74) is 6.78. The second kappa shape index (κ2) is 5.14. The number of hydrogen-bond acceptors (Lipinski definition) is 2. The zero-order valence-corrected chi connectivity index (χ0v) is 9.66. The summed E-state index contributed by atoms with van der Waals surface area (Å²) in [5.74, 6) is 0.0162. The molecule has 82 valence electrons. The quantitative estimate of drug-likeness (QED) is 0.855. The molecule has 0 aliphatic rings. The molecule has 0 radical (unpaired) electrons. The van der Waals surface area contributed by atoms with E-state index in [-0.39, 0.29) is 11.9 Å². The number of benzene rings is 1. The van der Waals surface area contributed by atoms with Crippen molar-refractivity contribution in [3.8, 4) is 0 Å². The van der Waals surface area contributed by atoms with Gasteiger partial charge in [0.05, 0.1) is 0 Å². The fourth-order valence-corrected chi connectivity index (χ4v) is 1.42. The average molecular weight is 227 g/mol. The van der Waals surface area contributed by atoms with E-state index >= 15 is 0 Å². The third kappa shape index (κ3) is 3.53. The van der Waals surface area contributed by atoms with E-state index < -0.39 is 0 Å². The van der Waals surface area contributed by atoms with E-state index in [4.69, 9.17) is 17.3 Å². The van der Waals surface area contributed by atoms with Gasteiger partial charge in [-0.05, 0) is 17.7 Å². The lowest BCUT2D eigenvalue weighted by atomic mass is 10.0. The van der Waals surface area contributed by atoms with E-state index in [1.165, 1.54) is 4.90 Å². The van der Waals surface area contributed by atoms with Crippen LogP contribution in [0.15, 0.2) is 24.3 Å². The molecule has 0 bridgehead atoms. The Balaban J connectivity index is 2.69. The Morgan fingerprint density at radius 2 is 2.20 bits per heavy atom. The maximum absolute atomic E-state index is 11.4. The van der Waals surface area contributed by atoms with Crippen LogP contribution in [0, 0.1) is 0 Å². The minimum atomic E-state index is -0.293. The van der Waals surface area contributed by atoms with Gasteiger partial charge in [0.15, 0.2) is 0 Å². The molecule has 0 aromatic heterocycles. The molecule has 0 saturated carbocycles. The number of carbonyl (C=O) groups is 1. The van der Waals surface area contributed by atoms with Crippen molar-refractivity contribution in [2.45, 2.75) is 12.5 Å². The fourth-order valence-electron chi connectivity index (χ4n) is 1.23. The monoisotopic (exact) mass is 226 g/mol. The molecule has 0 aliphatic heterocycles. The van der Waals surface area contributed by atoms with Gasteiger partial charge >= 0.3 is 0 Å². The van der Waals surface area contributed by atoms with Gasteiger partial charge in [-0.3, -0.25) is 4.79 Å². The highest BCUT2D eigenvalue weighted by atomic mass is 35.5. The van der Waals surface area contributed by atoms with Crippen molar-refractivity contribution in [2.75, 3.05) is 14.1 Å². The summed E-state index contributed by atoms with van der Waals surface area (Å²) in [6.07, 6.45) is 0.299. The van der Waals surface area contributed by atoms with Gasteiger partial charge in [-0.25, -0.2) is 0 Å². The van der Waals surface area contributed by atoms with Crippen LogP contribution in [0.25, 0.3) is 0 Å². The third-order valence-corrected chi connectivity index (χ3v) is 2.41. The molecule has 0 spiro atoms. The van der Waals surface area contributed by atoms with Crippen molar-refractivity contribution in [1.29, 1.82) is 0 Å². The normalized spacial score (nSPS) is 12.3. The Bertz CT molecular complexity index is 352. The van der Waals surface area contributed by atoms with Crippen LogP contribution in [0.1, 0.15) is 18.0 Å². The summed E-state index contributed by atoms with van der Waals surface area (Å²) >= 11 is 5.84. The lowest BCUT2D eigenvalue weighted by Gasteiger charge is -2.15. The molecule has 15 heavy (non-hydrogen) atoms. The van der Waals surface area contributed by atoms with Crippen LogP contribution >= 0.6 is 11.6 Å². The van der Waals surface area contributed by atoms with E-state index in [1.54, 1.807) is 26.2 Å². The van der Waals surface area contributed by atoms with E-state index in [2.05, 4.69) is 0 Å². The van der Waals surface area contributed by atoms with Crippen molar-refractivity contribution < 1.29 is 4.79 Å². The highest BCUT2D eigenvalue weighted by Crippen LogP contribution is 2.18. The second-order valence-corrected chi connectivity index (χ2v) is 4.09. The first-order valence-electron chi connectivity index (χ1n) is 4.72. The topological polar surface area (TPSA) is 46.3 Å². The van der Waals surface area contributed by atoms with Crippen molar-refractivity contribution >= 4 is 17.5 Å². The van der Waals surface area contributed by atoms with Gasteiger partial charge in [-0.1, -0.05) is 23.7 Å². The second-order valence-electron chi connectivity index (χ2n) is 3.65. The first-order valence-corrected chi connectivity index (χ1v) is 5.09. The van der Waals surface area contributed by atoms with Crippen LogP contribution in [-0.4, -0.2) is 24.9 Å². The SMILES string of the molecule is CN(C)C(=O)CC(N)c1cccc(Cl)c1. The molecule has 1 unspecified atom stereocenters. The summed E-state index contributed by atoms with van der Waals surface area (Å²) in [7, 11) is 3.43. The van der Waals surface area contributed by atoms with Crippen molar-refractivity contribution in [3.63, 3.8) is 0 Å². The molecule has 0 saturated heterocycles. The van der Waals surface area contributed by atoms with Gasteiger partial charge in [0, 0.05) is 31.6 Å². The maximum atomic E-state index is 11.4. The highest BCUT2D eigenvalue weighted by Gasteiger charge is 2.12. The van der Waals surface area contributed by atoms with Crippen LogP contribution < -0.4 is 5.73 Å². The van der Waals surface area contributed by atoms with Crippen LogP contribution in [0.2, 0.25) is 5.02 Å². The van der Waals surface area contributed by atoms with Gasteiger partial charge in [0.2, 0.25) is 5.91 Å². The van der Waals surface area contributed by atoms with Crippen LogP contribution in [-0.2, 0) is 4.79 Å². The molecule has 0 heterocycles. The molecule has 2 N–H and O–H groups in total. The number of carbonyl (C=O) groups excluding carboxylic acids is 1. The number of hydrogen-bond donors (Lipinski definition) is 1. The molecule has 1 rings (SSSR count). The smallest absolute Gasteiger partial charge is 0.223 e. The molecule has 3 nitrogen and oxygen atoms in total. The zero-order valence-electron chi connectivity index (χ0n) is 8.90. The van der Waals surface area contributed by atoms with Gasteiger partial charge in [0.25, 0.3) is 0 Å². The molecule has 4 heteroatoms. The lowest BCUT2D eigenvalue weighted by Crippen LogP contribution is -2.26. The Kier molecular flexibility index (Phi) is 4.12. The Labute approximate surface area is 94.8 Å². The van der Waals surface area contributed by atoms with E-state index in [1.807, 2.05) is 12.1 Å². The Morgan fingerprint density at radius 3 is 2.73 bits per heavy atom. The van der Waals surface area contributed by atoms with Gasteiger partial charge in [-0.15, -0.1) is 0 Å². The average Bonchev–Trinajstić information content (AvgIpc) is 2.17. The molecular formula is C11H15ClN2O. The fraction of sp³-hybridized carbons (Fsp3) is 0.364. The maximum Gasteiger partial charge on any atom is 0.223 e. The number of amides is 1. The number of nitrogens with two attached hydrogens (primary N) is 1. The number of halogens is 1. The summed E-state index contributed by atoms with van der Waals surface area (Å²) < 4.78 is 0. The molecular weight excluding hydrogens is 212 g/mol. The Hall–Kier alpha value is -1.06. The standard InChI is InChI=1S/C11H15ClN2O/c1-14(2)11(15)7-10(13)8-4-3-5-9(12)6-8/h3-6,10H,7,13H2,1-2H3.